The minimum Gasteiger partial charge on any atom is -0.356 e. The third-order valence-corrected chi connectivity index (χ3v) is 3.87. The molecule has 1 aliphatic heterocycles. The number of anilines is 1. The zero-order chi connectivity index (χ0) is 14.0. The molecule has 0 atom stereocenters. The van der Waals surface area contributed by atoms with Gasteiger partial charge in [-0.25, -0.2) is 4.98 Å². The van der Waals surface area contributed by atoms with Gasteiger partial charge < -0.3 is 10.2 Å². The molecule has 0 radical (unpaired) electrons. The number of nitrogens with one attached hydrogen (secondary N) is 1. The molecular weight excluding hydrogens is 234 g/mol. The van der Waals surface area contributed by atoms with Crippen LogP contribution >= 0.6 is 0 Å². The van der Waals surface area contributed by atoms with Crippen LogP contribution in [0.4, 0.5) is 5.82 Å². The maximum atomic E-state index is 4.86. The van der Waals surface area contributed by atoms with Gasteiger partial charge in [-0.05, 0) is 42.5 Å². The third-order valence-electron chi connectivity index (χ3n) is 3.87. The van der Waals surface area contributed by atoms with Gasteiger partial charge in [0.25, 0.3) is 0 Å². The van der Waals surface area contributed by atoms with Crippen molar-refractivity contribution in [3.05, 3.63) is 23.4 Å². The molecule has 1 fully saturated rings. The van der Waals surface area contributed by atoms with E-state index in [-0.39, 0.29) is 0 Å². The van der Waals surface area contributed by atoms with Gasteiger partial charge in [0.15, 0.2) is 0 Å². The molecule has 1 saturated heterocycles. The normalized spacial score (nSPS) is 18.3. The van der Waals surface area contributed by atoms with Gasteiger partial charge >= 0.3 is 0 Å². The fourth-order valence-electron chi connectivity index (χ4n) is 2.67. The Bertz CT molecular complexity index is 438. The molecule has 1 N–H and O–H groups in total. The van der Waals surface area contributed by atoms with Gasteiger partial charge in [-0.1, -0.05) is 27.7 Å². The van der Waals surface area contributed by atoms with Crippen molar-refractivity contribution in [2.45, 2.75) is 46.6 Å². The van der Waals surface area contributed by atoms with Crippen LogP contribution < -0.4 is 10.2 Å². The Kier molecular flexibility index (Phi) is 4.14. The van der Waals surface area contributed by atoms with Crippen LogP contribution in [0.1, 0.15) is 51.3 Å². The second-order valence-corrected chi connectivity index (χ2v) is 6.78. The summed E-state index contributed by atoms with van der Waals surface area (Å²) in [5, 5.41) is 3.24. The summed E-state index contributed by atoms with van der Waals surface area (Å²) in [7, 11) is 1.99. The topological polar surface area (TPSA) is 28.2 Å². The fraction of sp³-hybridized carbons (Fsp3) is 0.688. The van der Waals surface area contributed by atoms with Gasteiger partial charge in [0, 0.05) is 25.3 Å². The van der Waals surface area contributed by atoms with Crippen molar-refractivity contribution in [1.29, 1.82) is 0 Å². The highest BCUT2D eigenvalue weighted by molar-refractivity contribution is 5.44. The van der Waals surface area contributed by atoms with Crippen LogP contribution in [0.3, 0.4) is 0 Å². The number of aromatic nitrogens is 1. The molecule has 0 amide bonds. The molecule has 0 aromatic carbocycles. The minimum atomic E-state index is 0.415. The molecule has 2 heterocycles. The van der Waals surface area contributed by atoms with Crippen molar-refractivity contribution >= 4 is 5.82 Å². The van der Waals surface area contributed by atoms with E-state index in [0.717, 1.165) is 25.5 Å². The Morgan fingerprint density at radius 2 is 2.11 bits per heavy atom. The Morgan fingerprint density at radius 3 is 2.63 bits per heavy atom. The van der Waals surface area contributed by atoms with E-state index in [2.05, 4.69) is 50.0 Å². The third kappa shape index (κ3) is 3.47. The highest BCUT2D eigenvalue weighted by Gasteiger charge is 2.30. The summed E-state index contributed by atoms with van der Waals surface area (Å²) >= 11 is 0. The predicted molar refractivity (Wildman–Crippen MR) is 81.7 cm³/mol. The predicted octanol–water partition coefficient (Wildman–Crippen LogP) is 3.16. The Hall–Kier alpha value is -1.09. The van der Waals surface area contributed by atoms with Crippen molar-refractivity contribution in [1.82, 2.24) is 10.3 Å². The van der Waals surface area contributed by atoms with Crippen LogP contribution in [0, 0.1) is 5.41 Å². The fourth-order valence-corrected chi connectivity index (χ4v) is 2.67. The highest BCUT2D eigenvalue weighted by Crippen LogP contribution is 2.32. The first-order chi connectivity index (χ1) is 8.91. The van der Waals surface area contributed by atoms with E-state index in [9.17, 15) is 0 Å². The van der Waals surface area contributed by atoms with Crippen LogP contribution in [0.5, 0.6) is 0 Å². The van der Waals surface area contributed by atoms with E-state index in [1.165, 1.54) is 17.7 Å². The molecule has 1 aliphatic rings. The van der Waals surface area contributed by atoms with E-state index in [4.69, 9.17) is 4.98 Å². The first-order valence-electron chi connectivity index (χ1n) is 7.32. The number of rotatable bonds is 4. The quantitative estimate of drug-likeness (QED) is 0.902. The molecule has 0 bridgehead atoms. The van der Waals surface area contributed by atoms with E-state index >= 15 is 0 Å². The number of hydrogen-bond donors (Lipinski definition) is 1. The second kappa shape index (κ2) is 5.49. The Balaban J connectivity index is 2.29. The zero-order valence-corrected chi connectivity index (χ0v) is 13.0. The standard InChI is InChI=1S/C16H27N3/c1-12(2)14-8-13(10-17-5)9-15(18-14)19-7-6-16(3,4)11-19/h8-9,12,17H,6-7,10-11H2,1-5H3. The van der Waals surface area contributed by atoms with E-state index in [1.807, 2.05) is 7.05 Å². The second-order valence-electron chi connectivity index (χ2n) is 6.78. The molecule has 19 heavy (non-hydrogen) atoms. The zero-order valence-electron chi connectivity index (χ0n) is 13.0. The van der Waals surface area contributed by atoms with E-state index in [1.54, 1.807) is 0 Å². The van der Waals surface area contributed by atoms with Crippen molar-refractivity contribution in [3.63, 3.8) is 0 Å². The summed E-state index contributed by atoms with van der Waals surface area (Å²) in [6, 6.07) is 4.47. The van der Waals surface area contributed by atoms with Crippen LogP contribution in [-0.4, -0.2) is 25.1 Å². The highest BCUT2D eigenvalue weighted by atomic mass is 15.2. The summed E-state index contributed by atoms with van der Waals surface area (Å²) in [4.78, 5) is 7.30. The first-order valence-corrected chi connectivity index (χ1v) is 7.32. The monoisotopic (exact) mass is 261 g/mol. The van der Waals surface area contributed by atoms with Gasteiger partial charge in [0.1, 0.15) is 5.82 Å². The summed E-state index contributed by atoms with van der Waals surface area (Å²) in [5.74, 6) is 1.63. The maximum Gasteiger partial charge on any atom is 0.129 e. The molecule has 2 rings (SSSR count). The molecule has 0 spiro atoms. The van der Waals surface area contributed by atoms with Crippen LogP contribution in [-0.2, 0) is 6.54 Å². The SMILES string of the molecule is CNCc1cc(C(C)C)nc(N2CCC(C)(C)C2)c1. The van der Waals surface area contributed by atoms with Gasteiger partial charge in [-0.2, -0.15) is 0 Å². The van der Waals surface area contributed by atoms with Crippen molar-refractivity contribution in [2.24, 2.45) is 5.41 Å². The largest absolute Gasteiger partial charge is 0.356 e. The van der Waals surface area contributed by atoms with Gasteiger partial charge in [-0.3, -0.25) is 0 Å². The number of nitrogens with zero attached hydrogens (tertiary/aromatic N) is 2. The summed E-state index contributed by atoms with van der Waals surface area (Å²) in [6.45, 7) is 12.3. The minimum absolute atomic E-state index is 0.415. The summed E-state index contributed by atoms with van der Waals surface area (Å²) < 4.78 is 0. The molecule has 106 valence electrons. The number of pyridine rings is 1. The molecule has 1 aromatic heterocycles. The molecule has 0 aliphatic carbocycles. The maximum absolute atomic E-state index is 4.86. The Morgan fingerprint density at radius 1 is 1.37 bits per heavy atom. The lowest BCUT2D eigenvalue weighted by Crippen LogP contribution is -2.24. The molecule has 0 unspecified atom stereocenters. The lowest BCUT2D eigenvalue weighted by molar-refractivity contribution is 0.418. The van der Waals surface area contributed by atoms with Gasteiger partial charge in [0.05, 0.1) is 0 Å². The van der Waals surface area contributed by atoms with Crippen LogP contribution in [0.15, 0.2) is 12.1 Å². The average molecular weight is 261 g/mol. The summed E-state index contributed by atoms with van der Waals surface area (Å²) in [5.41, 5.74) is 2.95. The lowest BCUT2D eigenvalue weighted by Gasteiger charge is -2.22. The first kappa shape index (κ1) is 14.3. The van der Waals surface area contributed by atoms with Crippen molar-refractivity contribution in [3.8, 4) is 0 Å². The van der Waals surface area contributed by atoms with Crippen LogP contribution in [0.25, 0.3) is 0 Å². The molecule has 3 nitrogen and oxygen atoms in total. The Labute approximate surface area is 117 Å². The summed E-state index contributed by atoms with van der Waals surface area (Å²) in [6.07, 6.45) is 1.25. The lowest BCUT2D eigenvalue weighted by atomic mass is 9.93. The number of hydrogen-bond acceptors (Lipinski definition) is 3. The molecular formula is C16H27N3. The van der Waals surface area contributed by atoms with Gasteiger partial charge in [0.2, 0.25) is 0 Å². The van der Waals surface area contributed by atoms with Crippen LogP contribution in [0.2, 0.25) is 0 Å². The van der Waals surface area contributed by atoms with Crippen molar-refractivity contribution < 1.29 is 0 Å². The van der Waals surface area contributed by atoms with Crippen molar-refractivity contribution in [2.75, 3.05) is 25.0 Å². The van der Waals surface area contributed by atoms with Gasteiger partial charge in [-0.15, -0.1) is 0 Å². The smallest absolute Gasteiger partial charge is 0.129 e. The average Bonchev–Trinajstić information content (AvgIpc) is 2.70. The van der Waals surface area contributed by atoms with E-state index in [0.29, 0.717) is 11.3 Å². The molecule has 0 saturated carbocycles. The molecule has 3 heteroatoms. The van der Waals surface area contributed by atoms with E-state index < -0.39 is 0 Å². The molecule has 1 aromatic rings.